The van der Waals surface area contributed by atoms with E-state index >= 15 is 0 Å². The van der Waals surface area contributed by atoms with Gasteiger partial charge in [-0.1, -0.05) is 11.8 Å². The molecule has 136 valence electrons. The van der Waals surface area contributed by atoms with Crippen molar-refractivity contribution < 1.29 is 9.47 Å². The minimum atomic E-state index is -0.127. The summed E-state index contributed by atoms with van der Waals surface area (Å²) in [6, 6.07) is 7.25. The largest absolute Gasteiger partial charge is 0.486 e. The molecule has 2 aromatic heterocycles. The number of hydrogen-bond donors (Lipinski definition) is 2. The van der Waals surface area contributed by atoms with E-state index in [0.29, 0.717) is 57.4 Å². The first-order valence-corrected chi connectivity index (χ1v) is 9.38. The summed E-state index contributed by atoms with van der Waals surface area (Å²) < 4.78 is 11.6. The number of aliphatic imine (C=N–C) groups is 1. The van der Waals surface area contributed by atoms with Crippen molar-refractivity contribution in [2.45, 2.75) is 5.75 Å². The molecule has 3 aromatic rings. The molecule has 10 heteroatoms. The number of thiophene rings is 1. The molecule has 0 unspecified atom stereocenters. The Morgan fingerprint density at radius 3 is 2.96 bits per heavy atom. The summed E-state index contributed by atoms with van der Waals surface area (Å²) in [6.45, 7) is 1.07. The van der Waals surface area contributed by atoms with Gasteiger partial charge in [0, 0.05) is 6.07 Å². The van der Waals surface area contributed by atoms with E-state index in [-0.39, 0.29) is 18.0 Å². The van der Waals surface area contributed by atoms with Crippen LogP contribution in [0.15, 0.2) is 39.4 Å². The van der Waals surface area contributed by atoms with Crippen molar-refractivity contribution in [3.63, 3.8) is 0 Å². The smallest absolute Gasteiger partial charge is 0.268 e. The number of hydrogen-bond acceptors (Lipinski definition) is 7. The third kappa shape index (κ3) is 3.95. The second kappa shape index (κ2) is 7.98. The average Bonchev–Trinajstić information content (AvgIpc) is 3.09. The van der Waals surface area contributed by atoms with Crippen molar-refractivity contribution >= 4 is 56.6 Å². The molecule has 3 heterocycles. The normalized spacial score (nSPS) is 13.5. The average molecular weight is 411 g/mol. The van der Waals surface area contributed by atoms with Gasteiger partial charge in [-0.2, -0.15) is 0 Å². The Labute approximate surface area is 163 Å². The van der Waals surface area contributed by atoms with Crippen molar-refractivity contribution in [2.75, 3.05) is 13.2 Å². The molecule has 26 heavy (non-hydrogen) atoms. The molecule has 0 spiro atoms. The summed E-state index contributed by atoms with van der Waals surface area (Å²) in [7, 11) is 0. The van der Waals surface area contributed by atoms with Crippen LogP contribution in [0.4, 0.5) is 5.69 Å². The number of nitrogens with two attached hydrogens (primary N) is 1. The monoisotopic (exact) mass is 410 g/mol. The Bertz CT molecular complexity index is 1020. The zero-order valence-electron chi connectivity index (χ0n) is 13.4. The lowest BCUT2D eigenvalue weighted by molar-refractivity contribution is 0.171. The summed E-state index contributed by atoms with van der Waals surface area (Å²) >= 11 is 2.68. The van der Waals surface area contributed by atoms with Crippen LogP contribution in [0.2, 0.25) is 0 Å². The molecule has 3 N–H and O–H groups in total. The summed E-state index contributed by atoms with van der Waals surface area (Å²) in [4.78, 5) is 23.5. The predicted molar refractivity (Wildman–Crippen MR) is 107 cm³/mol. The van der Waals surface area contributed by atoms with E-state index in [1.807, 2.05) is 23.6 Å². The zero-order chi connectivity index (χ0) is 17.2. The maximum Gasteiger partial charge on any atom is 0.268 e. The highest BCUT2D eigenvalue weighted by Crippen LogP contribution is 2.33. The molecule has 0 bridgehead atoms. The van der Waals surface area contributed by atoms with Crippen molar-refractivity contribution in [3.8, 4) is 11.5 Å². The number of nitrogens with zero attached hydrogens (tertiary/aromatic N) is 2. The minimum absolute atomic E-state index is 0. The molecule has 7 nitrogen and oxygen atoms in total. The molecule has 0 amide bonds. The van der Waals surface area contributed by atoms with E-state index in [1.165, 1.54) is 23.1 Å². The Balaban J connectivity index is 0.00000196. The van der Waals surface area contributed by atoms with Gasteiger partial charge in [0.2, 0.25) is 0 Å². The van der Waals surface area contributed by atoms with Crippen LogP contribution in [-0.4, -0.2) is 28.3 Å². The first-order valence-electron chi connectivity index (χ1n) is 7.52. The maximum atomic E-state index is 12.0. The summed E-state index contributed by atoms with van der Waals surface area (Å²) in [5.41, 5.74) is 7.24. The first-order chi connectivity index (χ1) is 12.2. The molecule has 0 saturated heterocycles. The van der Waals surface area contributed by atoms with Crippen LogP contribution in [0.3, 0.4) is 0 Å². The van der Waals surface area contributed by atoms with Gasteiger partial charge in [-0.3, -0.25) is 4.79 Å². The molecular weight excluding hydrogens is 396 g/mol. The second-order valence-corrected chi connectivity index (χ2v) is 7.13. The number of aromatic nitrogens is 2. The number of halogens is 1. The van der Waals surface area contributed by atoms with Gasteiger partial charge in [-0.15, -0.1) is 23.7 Å². The fraction of sp³-hybridized carbons (Fsp3) is 0.188. The molecular formula is C16H15ClN4O3S2. The fourth-order valence-electron chi connectivity index (χ4n) is 2.39. The molecule has 0 atom stereocenters. The van der Waals surface area contributed by atoms with Crippen molar-refractivity contribution in [1.82, 2.24) is 9.97 Å². The SMILES string of the molecule is Cl.NC(=Nc1ccc2c(c1)OCCO2)SCc1nc2ccsc2c(=O)[nH]1. The lowest BCUT2D eigenvalue weighted by Crippen LogP contribution is -2.15. The van der Waals surface area contributed by atoms with E-state index in [4.69, 9.17) is 15.2 Å². The number of amidine groups is 1. The number of thioether (sulfide) groups is 1. The summed E-state index contributed by atoms with van der Waals surface area (Å²) in [5, 5.41) is 2.23. The minimum Gasteiger partial charge on any atom is -0.486 e. The van der Waals surface area contributed by atoms with Crippen LogP contribution in [0.1, 0.15) is 5.82 Å². The third-order valence-corrected chi connectivity index (χ3v) is 5.19. The molecule has 1 aromatic carbocycles. The molecule has 0 aliphatic carbocycles. The first kappa shape index (κ1) is 18.6. The number of aromatic amines is 1. The highest BCUT2D eigenvalue weighted by molar-refractivity contribution is 8.13. The molecule has 0 fully saturated rings. The molecule has 0 radical (unpaired) electrons. The molecule has 1 aliphatic heterocycles. The number of fused-ring (bicyclic) bond motifs is 2. The molecule has 1 aliphatic rings. The van der Waals surface area contributed by atoms with Gasteiger partial charge in [0.25, 0.3) is 5.56 Å². The van der Waals surface area contributed by atoms with E-state index < -0.39 is 0 Å². The van der Waals surface area contributed by atoms with Gasteiger partial charge >= 0.3 is 0 Å². The number of nitrogens with one attached hydrogen (secondary N) is 1. The maximum absolute atomic E-state index is 12.0. The lowest BCUT2D eigenvalue weighted by atomic mass is 10.2. The van der Waals surface area contributed by atoms with Crippen LogP contribution in [0.25, 0.3) is 10.2 Å². The van der Waals surface area contributed by atoms with Gasteiger partial charge in [-0.05, 0) is 23.6 Å². The van der Waals surface area contributed by atoms with Crippen LogP contribution in [0, 0.1) is 0 Å². The number of ether oxygens (including phenoxy) is 2. The van der Waals surface area contributed by atoms with Crippen LogP contribution in [-0.2, 0) is 5.75 Å². The lowest BCUT2D eigenvalue weighted by Gasteiger charge is -2.18. The molecule has 0 saturated carbocycles. The van der Waals surface area contributed by atoms with Crippen molar-refractivity contribution in [1.29, 1.82) is 0 Å². The summed E-state index contributed by atoms with van der Waals surface area (Å²) in [6.07, 6.45) is 0. The number of rotatable bonds is 3. The Morgan fingerprint density at radius 1 is 1.31 bits per heavy atom. The van der Waals surface area contributed by atoms with E-state index in [9.17, 15) is 4.79 Å². The van der Waals surface area contributed by atoms with E-state index in [2.05, 4.69) is 15.0 Å². The summed E-state index contributed by atoms with van der Waals surface area (Å²) in [5.74, 6) is 2.38. The molecule has 4 rings (SSSR count). The quantitative estimate of drug-likeness (QED) is 0.508. The van der Waals surface area contributed by atoms with Crippen LogP contribution in [0.5, 0.6) is 11.5 Å². The highest BCUT2D eigenvalue weighted by atomic mass is 35.5. The van der Waals surface area contributed by atoms with Crippen LogP contribution >= 0.6 is 35.5 Å². The van der Waals surface area contributed by atoms with E-state index in [1.54, 1.807) is 6.07 Å². The number of benzene rings is 1. The zero-order valence-corrected chi connectivity index (χ0v) is 15.9. The van der Waals surface area contributed by atoms with Crippen molar-refractivity contribution in [2.24, 2.45) is 10.7 Å². The Kier molecular flexibility index (Phi) is 5.70. The fourth-order valence-corrected chi connectivity index (χ4v) is 3.71. The van der Waals surface area contributed by atoms with Crippen molar-refractivity contribution in [3.05, 3.63) is 45.8 Å². The highest BCUT2D eigenvalue weighted by Gasteiger charge is 2.12. The third-order valence-electron chi connectivity index (χ3n) is 3.49. The van der Waals surface area contributed by atoms with Gasteiger partial charge < -0.3 is 20.2 Å². The van der Waals surface area contributed by atoms with E-state index in [0.717, 1.165) is 0 Å². The number of H-pyrrole nitrogens is 1. The van der Waals surface area contributed by atoms with Gasteiger partial charge in [0.15, 0.2) is 16.7 Å². The standard InChI is InChI=1S/C16H14N4O3S2.ClH/c17-16(18-9-1-2-11-12(7-9)23-5-4-22-11)25-8-13-19-10-3-6-24-14(10)15(21)20-13;/h1-3,6-7H,4-5,8H2,(H2,17,18)(H,19,20,21);1H. The Hall–Kier alpha value is -2.23. The topological polar surface area (TPSA) is 103 Å². The Morgan fingerprint density at radius 2 is 2.12 bits per heavy atom. The second-order valence-electron chi connectivity index (χ2n) is 5.21. The predicted octanol–water partition coefficient (Wildman–Crippen LogP) is 3.06. The van der Waals surface area contributed by atoms with Gasteiger partial charge in [-0.25, -0.2) is 9.98 Å². The van der Waals surface area contributed by atoms with Crippen LogP contribution < -0.4 is 20.8 Å². The van der Waals surface area contributed by atoms with Gasteiger partial charge in [0.1, 0.15) is 23.7 Å². The van der Waals surface area contributed by atoms with Gasteiger partial charge in [0.05, 0.1) is 17.0 Å².